The largest absolute Gasteiger partial charge is 0.434 e. The van der Waals surface area contributed by atoms with Crippen LogP contribution in [0.5, 0.6) is 0 Å². The fraction of sp³-hybridized carbons (Fsp3) is 0.409. The molecule has 1 saturated carbocycles. The predicted molar refractivity (Wildman–Crippen MR) is 113 cm³/mol. The van der Waals surface area contributed by atoms with E-state index >= 15 is 0 Å². The number of hydrogen-bond donors (Lipinski definition) is 1. The number of rotatable bonds is 4. The molecule has 1 amide bonds. The molecule has 1 aromatic carbocycles. The molecule has 6 rings (SSSR count). The van der Waals surface area contributed by atoms with E-state index in [4.69, 9.17) is 0 Å². The zero-order valence-electron chi connectivity index (χ0n) is 17.8. The highest BCUT2D eigenvalue weighted by Crippen LogP contribution is 2.38. The Bertz CT molecular complexity index is 1150. The summed E-state index contributed by atoms with van der Waals surface area (Å²) in [6, 6.07) is 5.30. The Morgan fingerprint density at radius 2 is 1.91 bits per heavy atom. The Labute approximate surface area is 187 Å². The molecule has 3 atom stereocenters. The van der Waals surface area contributed by atoms with Gasteiger partial charge >= 0.3 is 6.18 Å². The summed E-state index contributed by atoms with van der Waals surface area (Å²) in [6.45, 7) is 2.55. The highest BCUT2D eigenvalue weighted by molar-refractivity contribution is 5.98. The van der Waals surface area contributed by atoms with Crippen LogP contribution in [0.4, 0.5) is 19.0 Å². The Kier molecular flexibility index (Phi) is 5.26. The number of hydrogen-bond acceptors (Lipinski definition) is 6. The maximum Gasteiger partial charge on any atom is 0.434 e. The summed E-state index contributed by atoms with van der Waals surface area (Å²) >= 11 is 0. The van der Waals surface area contributed by atoms with Gasteiger partial charge in [-0.05, 0) is 43.7 Å². The van der Waals surface area contributed by atoms with Crippen LogP contribution >= 0.6 is 0 Å². The van der Waals surface area contributed by atoms with Crippen LogP contribution in [0.15, 0.2) is 43.0 Å². The highest BCUT2D eigenvalue weighted by atomic mass is 19.4. The molecule has 8 nitrogen and oxygen atoms in total. The molecule has 4 heterocycles. The van der Waals surface area contributed by atoms with Crippen molar-refractivity contribution >= 4 is 11.7 Å². The zero-order valence-corrected chi connectivity index (χ0v) is 17.8. The molecule has 3 unspecified atom stereocenters. The third-order valence-electron chi connectivity index (χ3n) is 6.40. The Morgan fingerprint density at radius 3 is 2.58 bits per heavy atom. The van der Waals surface area contributed by atoms with E-state index in [1.54, 1.807) is 18.5 Å². The van der Waals surface area contributed by atoms with Crippen LogP contribution in [0.1, 0.15) is 40.9 Å². The van der Waals surface area contributed by atoms with Gasteiger partial charge in [-0.1, -0.05) is 12.1 Å². The quantitative estimate of drug-likeness (QED) is 0.645. The highest BCUT2D eigenvalue weighted by Gasteiger charge is 2.44. The van der Waals surface area contributed by atoms with Gasteiger partial charge in [-0.25, -0.2) is 9.97 Å². The topological polar surface area (TPSA) is 88.8 Å². The van der Waals surface area contributed by atoms with Gasteiger partial charge < -0.3 is 10.2 Å². The molecule has 33 heavy (non-hydrogen) atoms. The van der Waals surface area contributed by atoms with Crippen LogP contribution in [-0.2, 0) is 6.18 Å². The van der Waals surface area contributed by atoms with E-state index in [0.29, 0.717) is 23.7 Å². The summed E-state index contributed by atoms with van der Waals surface area (Å²) in [5, 5.41) is 11.6. The minimum Gasteiger partial charge on any atom is -0.364 e. The first-order valence-corrected chi connectivity index (χ1v) is 10.7. The lowest BCUT2D eigenvalue weighted by Gasteiger charge is -2.50. The average molecular weight is 457 g/mol. The summed E-state index contributed by atoms with van der Waals surface area (Å²) in [7, 11) is 0. The molecule has 2 bridgehead atoms. The second kappa shape index (κ2) is 8.13. The number of nitrogens with zero attached hydrogens (tertiary/aromatic N) is 6. The average Bonchev–Trinajstić information content (AvgIpc) is 3.33. The molecule has 2 aromatic heterocycles. The normalized spacial score (nSPS) is 22.4. The number of para-hydroxylation sites is 1. The minimum atomic E-state index is -4.53. The molecule has 1 N–H and O–H groups in total. The van der Waals surface area contributed by atoms with Crippen molar-refractivity contribution in [2.75, 3.05) is 11.9 Å². The summed E-state index contributed by atoms with van der Waals surface area (Å²) in [4.78, 5) is 24.4. The van der Waals surface area contributed by atoms with E-state index < -0.39 is 11.9 Å². The molecule has 172 valence electrons. The van der Waals surface area contributed by atoms with Crippen molar-refractivity contribution < 1.29 is 18.0 Å². The summed E-state index contributed by atoms with van der Waals surface area (Å²) < 4.78 is 38.4. The Balaban J connectivity index is 1.40. The number of nitrogens with one attached hydrogen (secondary N) is 1. The first kappa shape index (κ1) is 21.4. The van der Waals surface area contributed by atoms with Gasteiger partial charge in [0.15, 0.2) is 5.69 Å². The van der Waals surface area contributed by atoms with E-state index in [2.05, 4.69) is 25.5 Å². The Hall–Kier alpha value is -3.50. The van der Waals surface area contributed by atoms with Gasteiger partial charge in [-0.15, -0.1) is 0 Å². The Morgan fingerprint density at radius 1 is 1.12 bits per heavy atom. The molecule has 3 aliphatic rings. The SMILES string of the molecule is Cc1cccc(C(=O)N2CC3CCC2C(Nc2cnc(C(F)(F)F)cn2)C3)c1-n1nccn1. The molecule has 0 spiro atoms. The lowest BCUT2D eigenvalue weighted by atomic mass is 9.76. The number of amides is 1. The lowest BCUT2D eigenvalue weighted by Crippen LogP contribution is -2.59. The first-order valence-electron chi connectivity index (χ1n) is 10.7. The fourth-order valence-corrected chi connectivity index (χ4v) is 4.90. The van der Waals surface area contributed by atoms with Gasteiger partial charge in [0.2, 0.25) is 0 Å². The molecule has 3 fully saturated rings. The number of benzene rings is 1. The fourth-order valence-electron chi connectivity index (χ4n) is 4.90. The van der Waals surface area contributed by atoms with Crippen LogP contribution in [0, 0.1) is 12.8 Å². The van der Waals surface area contributed by atoms with Gasteiger partial charge in [0, 0.05) is 12.6 Å². The molecule has 2 saturated heterocycles. The van der Waals surface area contributed by atoms with Gasteiger partial charge in [0.05, 0.1) is 36.4 Å². The number of fused-ring (bicyclic) bond motifs is 3. The number of anilines is 1. The monoisotopic (exact) mass is 457 g/mol. The number of halogens is 3. The maximum absolute atomic E-state index is 13.7. The van der Waals surface area contributed by atoms with E-state index in [1.807, 2.05) is 24.0 Å². The van der Waals surface area contributed by atoms with Crippen molar-refractivity contribution in [1.29, 1.82) is 0 Å². The molecular formula is C22H22F3N7O. The predicted octanol–water partition coefficient (Wildman–Crippen LogP) is 3.49. The van der Waals surface area contributed by atoms with E-state index in [1.165, 1.54) is 4.80 Å². The van der Waals surface area contributed by atoms with E-state index in [9.17, 15) is 18.0 Å². The minimum absolute atomic E-state index is 0.106. The summed E-state index contributed by atoms with van der Waals surface area (Å²) in [5.41, 5.74) is 1.02. The van der Waals surface area contributed by atoms with Gasteiger partial charge in [-0.2, -0.15) is 28.2 Å². The van der Waals surface area contributed by atoms with Crippen molar-refractivity contribution in [2.24, 2.45) is 5.92 Å². The van der Waals surface area contributed by atoms with Crippen molar-refractivity contribution in [1.82, 2.24) is 29.9 Å². The molecule has 2 aliphatic heterocycles. The lowest BCUT2D eigenvalue weighted by molar-refractivity contribution is -0.141. The molecule has 0 radical (unpaired) electrons. The van der Waals surface area contributed by atoms with Crippen LogP contribution in [-0.4, -0.2) is 54.4 Å². The molecule has 3 aromatic rings. The van der Waals surface area contributed by atoms with Crippen LogP contribution < -0.4 is 5.32 Å². The van der Waals surface area contributed by atoms with Crippen LogP contribution in [0.25, 0.3) is 5.69 Å². The van der Waals surface area contributed by atoms with Gasteiger partial charge in [0.25, 0.3) is 5.91 Å². The van der Waals surface area contributed by atoms with Crippen molar-refractivity contribution in [3.8, 4) is 5.69 Å². The van der Waals surface area contributed by atoms with Gasteiger partial charge in [0.1, 0.15) is 11.5 Å². The number of carbonyl (C=O) groups excluding carboxylic acids is 1. The summed E-state index contributed by atoms with van der Waals surface area (Å²) in [6.07, 6.45) is 3.05. The smallest absolute Gasteiger partial charge is 0.364 e. The maximum atomic E-state index is 13.7. The number of piperidine rings is 2. The van der Waals surface area contributed by atoms with Crippen LogP contribution in [0.2, 0.25) is 0 Å². The van der Waals surface area contributed by atoms with Gasteiger partial charge in [-0.3, -0.25) is 4.79 Å². The zero-order chi connectivity index (χ0) is 23.2. The standard InChI is InChI=1S/C22H22F3N7O/c1-13-3-2-4-15(20(13)32-28-7-8-29-32)21(33)31-12-14-5-6-17(31)16(9-14)30-19-11-26-18(10-27-19)22(23,24)25/h2-4,7-8,10-11,14,16-17H,5-6,9,12H2,1H3,(H,27,30). The third kappa shape index (κ3) is 4.03. The number of carbonyl (C=O) groups is 1. The van der Waals surface area contributed by atoms with Crippen molar-refractivity contribution in [2.45, 2.75) is 44.4 Å². The second-order valence-electron chi connectivity index (χ2n) is 8.53. The van der Waals surface area contributed by atoms with E-state index in [0.717, 1.165) is 37.2 Å². The van der Waals surface area contributed by atoms with E-state index in [-0.39, 0.29) is 23.8 Å². The number of aromatic nitrogens is 5. The molecule has 1 aliphatic carbocycles. The van der Waals surface area contributed by atoms with Crippen LogP contribution in [0.3, 0.4) is 0 Å². The molecular weight excluding hydrogens is 435 g/mol. The second-order valence-corrected chi connectivity index (χ2v) is 8.53. The molecule has 11 heteroatoms. The summed E-state index contributed by atoms with van der Waals surface area (Å²) in [5.74, 6) is 0.464. The van der Waals surface area contributed by atoms with Crippen molar-refractivity contribution in [3.05, 3.63) is 59.8 Å². The third-order valence-corrected chi connectivity index (χ3v) is 6.40. The number of aryl methyl sites for hydroxylation is 1. The van der Waals surface area contributed by atoms with Crippen molar-refractivity contribution in [3.63, 3.8) is 0 Å². The first-order chi connectivity index (χ1) is 15.8. The number of alkyl halides is 3.